The van der Waals surface area contributed by atoms with E-state index in [1.807, 2.05) is 0 Å². The Balaban J connectivity index is 4.38. The van der Waals surface area contributed by atoms with Gasteiger partial charge in [0, 0.05) is 0 Å². The molecule has 0 amide bonds. The molecule has 0 fully saturated rings. The third kappa shape index (κ3) is 4.14. The molecule has 0 heterocycles. The molecule has 0 aliphatic carbocycles. The minimum atomic E-state index is -1.14. The summed E-state index contributed by atoms with van der Waals surface area (Å²) in [5.41, 5.74) is 0.883. The number of nitrogens with one attached hydrogen (secondary N) is 1. The summed E-state index contributed by atoms with van der Waals surface area (Å²) in [6.45, 7) is 12.9. The van der Waals surface area contributed by atoms with E-state index in [0.717, 1.165) is 12.1 Å². The molecule has 0 aromatic carbocycles. The fourth-order valence-electron chi connectivity index (χ4n) is 2.37. The molecule has 1 N–H and O–H groups in total. The molecular weight excluding hydrogens is 186 g/mol. The molecule has 1 unspecified atom stereocenters. The van der Waals surface area contributed by atoms with Gasteiger partial charge in [-0.25, -0.2) is 0 Å². The van der Waals surface area contributed by atoms with Crippen LogP contribution in [0.1, 0.15) is 53.9 Å². The van der Waals surface area contributed by atoms with Crippen LogP contribution in [0.25, 0.3) is 0 Å². The smallest absolute Gasteiger partial charge is 0.128 e. The minimum absolute atomic E-state index is 0.883. The molecule has 2 heteroatoms. The zero-order valence-electron chi connectivity index (χ0n) is 10.8. The predicted octanol–water partition coefficient (Wildman–Crippen LogP) is 4.16. The summed E-state index contributed by atoms with van der Waals surface area (Å²) < 4.78 is 0. The third-order valence-corrected chi connectivity index (χ3v) is 9.21. The molecule has 0 saturated heterocycles. The maximum atomic E-state index is 3.87. The van der Waals surface area contributed by atoms with Crippen molar-refractivity contribution in [3.63, 3.8) is 0 Å². The lowest BCUT2D eigenvalue weighted by molar-refractivity contribution is 0.771. The summed E-state index contributed by atoms with van der Waals surface area (Å²) >= 11 is 0. The van der Waals surface area contributed by atoms with Crippen LogP contribution in [0.3, 0.4) is 0 Å². The van der Waals surface area contributed by atoms with Gasteiger partial charge in [-0.3, -0.25) is 0 Å². The van der Waals surface area contributed by atoms with E-state index in [1.54, 1.807) is 0 Å². The zero-order chi connectivity index (χ0) is 11.0. The zero-order valence-corrected chi connectivity index (χ0v) is 11.8. The second kappa shape index (κ2) is 7.47. The first-order valence-electron chi connectivity index (χ1n) is 6.38. The highest BCUT2D eigenvalue weighted by atomic mass is 28.3. The van der Waals surface area contributed by atoms with Gasteiger partial charge in [0.05, 0.1) is 0 Å². The molecule has 0 aliphatic rings. The molecule has 86 valence electrons. The van der Waals surface area contributed by atoms with Crippen molar-refractivity contribution in [3.05, 3.63) is 0 Å². The molecule has 0 spiro atoms. The molecule has 0 aromatic rings. The van der Waals surface area contributed by atoms with Crippen molar-refractivity contribution in [2.45, 2.75) is 71.5 Å². The summed E-state index contributed by atoms with van der Waals surface area (Å²) in [6, 6.07) is 2.93. The molecule has 0 radical (unpaired) electrons. The first kappa shape index (κ1) is 14.2. The van der Waals surface area contributed by atoms with E-state index in [9.17, 15) is 0 Å². The van der Waals surface area contributed by atoms with Crippen LogP contribution < -0.4 is 4.98 Å². The number of hydrogen-bond acceptors (Lipinski definition) is 1. The Hall–Kier alpha value is 0.177. The fourth-order valence-corrected chi connectivity index (χ4v) is 7.12. The van der Waals surface area contributed by atoms with Crippen molar-refractivity contribution < 1.29 is 0 Å². The van der Waals surface area contributed by atoms with Crippen molar-refractivity contribution >= 4 is 8.24 Å². The van der Waals surface area contributed by atoms with Crippen LogP contribution in [-0.2, 0) is 0 Å². The van der Waals surface area contributed by atoms with Gasteiger partial charge in [0.25, 0.3) is 0 Å². The molecule has 0 aliphatic heterocycles. The molecule has 1 nitrogen and oxygen atoms in total. The summed E-state index contributed by atoms with van der Waals surface area (Å²) in [7, 11) is -1.14. The number of hydrogen-bond donors (Lipinski definition) is 1. The van der Waals surface area contributed by atoms with E-state index in [-0.39, 0.29) is 0 Å². The van der Waals surface area contributed by atoms with Crippen LogP contribution >= 0.6 is 0 Å². The Labute approximate surface area is 91.8 Å². The molecule has 14 heavy (non-hydrogen) atoms. The number of rotatable bonds is 8. The predicted molar refractivity (Wildman–Crippen MR) is 69.3 cm³/mol. The van der Waals surface area contributed by atoms with Crippen molar-refractivity contribution in [2.75, 3.05) is 6.54 Å². The molecule has 0 bridgehead atoms. The van der Waals surface area contributed by atoms with Crippen LogP contribution in [0.5, 0.6) is 0 Å². The largest absolute Gasteiger partial charge is 0.337 e. The lowest BCUT2D eigenvalue weighted by Gasteiger charge is -2.36. The quantitative estimate of drug-likeness (QED) is 0.600. The summed E-state index contributed by atoms with van der Waals surface area (Å²) in [5.74, 6) is 0. The van der Waals surface area contributed by atoms with E-state index in [4.69, 9.17) is 0 Å². The van der Waals surface area contributed by atoms with E-state index >= 15 is 0 Å². The molecule has 0 rings (SSSR count). The standard InChI is InChI=1S/C12H29NSi/c1-6-9-11-14(10-7-2,12(4)5)13-8-3/h12-13H,6-11H2,1-5H3. The Morgan fingerprint density at radius 3 is 2.00 bits per heavy atom. The summed E-state index contributed by atoms with van der Waals surface area (Å²) in [5, 5.41) is 0. The third-order valence-electron chi connectivity index (χ3n) is 3.31. The monoisotopic (exact) mass is 215 g/mol. The Kier molecular flexibility index (Phi) is 7.56. The van der Waals surface area contributed by atoms with Gasteiger partial charge >= 0.3 is 0 Å². The average molecular weight is 215 g/mol. The van der Waals surface area contributed by atoms with Crippen LogP contribution in [0.2, 0.25) is 17.6 Å². The molecule has 0 saturated carbocycles. The van der Waals surface area contributed by atoms with E-state index in [1.165, 1.54) is 31.4 Å². The molecule has 0 aromatic heterocycles. The topological polar surface area (TPSA) is 12.0 Å². The van der Waals surface area contributed by atoms with Crippen molar-refractivity contribution in [3.8, 4) is 0 Å². The number of unbranched alkanes of at least 4 members (excludes halogenated alkanes) is 1. The van der Waals surface area contributed by atoms with Gasteiger partial charge in [-0.1, -0.05) is 53.9 Å². The van der Waals surface area contributed by atoms with E-state index in [2.05, 4.69) is 39.6 Å². The second-order valence-electron chi connectivity index (χ2n) is 4.69. The van der Waals surface area contributed by atoms with Crippen molar-refractivity contribution in [1.29, 1.82) is 0 Å². The Morgan fingerprint density at radius 1 is 1.00 bits per heavy atom. The highest BCUT2D eigenvalue weighted by Crippen LogP contribution is 2.29. The van der Waals surface area contributed by atoms with Crippen LogP contribution in [-0.4, -0.2) is 14.8 Å². The first-order chi connectivity index (χ1) is 6.63. The first-order valence-corrected chi connectivity index (χ1v) is 8.87. The lowest BCUT2D eigenvalue weighted by Crippen LogP contribution is -2.52. The molecule has 1 atom stereocenters. The fraction of sp³-hybridized carbons (Fsp3) is 1.00. The lowest BCUT2D eigenvalue weighted by atomic mass is 10.4. The van der Waals surface area contributed by atoms with Gasteiger partial charge in [-0.2, -0.15) is 0 Å². The van der Waals surface area contributed by atoms with Crippen LogP contribution in [0.4, 0.5) is 0 Å². The summed E-state index contributed by atoms with van der Waals surface area (Å²) in [4.78, 5) is 3.87. The van der Waals surface area contributed by atoms with Crippen molar-refractivity contribution in [2.24, 2.45) is 0 Å². The van der Waals surface area contributed by atoms with Gasteiger partial charge in [0.15, 0.2) is 0 Å². The second-order valence-corrected chi connectivity index (χ2v) is 9.52. The molecular formula is C12H29NSi. The summed E-state index contributed by atoms with van der Waals surface area (Å²) in [6.07, 6.45) is 4.11. The highest BCUT2D eigenvalue weighted by Gasteiger charge is 2.33. The Bertz CT molecular complexity index is 128. The van der Waals surface area contributed by atoms with Gasteiger partial charge in [0.2, 0.25) is 0 Å². The van der Waals surface area contributed by atoms with Gasteiger partial charge in [-0.15, -0.1) is 0 Å². The highest BCUT2D eigenvalue weighted by molar-refractivity contribution is 6.78. The Morgan fingerprint density at radius 2 is 1.64 bits per heavy atom. The SMILES string of the molecule is CCCC[Si](CCC)(NCC)C(C)C. The minimum Gasteiger partial charge on any atom is -0.337 e. The van der Waals surface area contributed by atoms with Gasteiger partial charge < -0.3 is 4.98 Å². The maximum Gasteiger partial charge on any atom is 0.128 e. The maximum absolute atomic E-state index is 3.87. The van der Waals surface area contributed by atoms with Gasteiger partial charge in [-0.05, 0) is 24.2 Å². The van der Waals surface area contributed by atoms with E-state index in [0.29, 0.717) is 0 Å². The van der Waals surface area contributed by atoms with Crippen molar-refractivity contribution in [1.82, 2.24) is 4.98 Å². The van der Waals surface area contributed by atoms with Gasteiger partial charge in [0.1, 0.15) is 8.24 Å². The van der Waals surface area contributed by atoms with Crippen LogP contribution in [0, 0.1) is 0 Å². The normalized spacial score (nSPS) is 15.9. The van der Waals surface area contributed by atoms with E-state index < -0.39 is 8.24 Å². The van der Waals surface area contributed by atoms with Crippen LogP contribution in [0.15, 0.2) is 0 Å². The average Bonchev–Trinajstić information content (AvgIpc) is 2.14.